The molecule has 0 radical (unpaired) electrons. The first-order valence-electron chi connectivity index (χ1n) is 34.7. The summed E-state index contributed by atoms with van der Waals surface area (Å²) >= 11 is 3.69. The molecule has 4 rings (SSSR count). The maximum Gasteiger partial charge on any atom is 0.501 e. The third-order valence-corrected chi connectivity index (χ3v) is 33.0. The first kappa shape index (κ1) is 77.6. The topological polar surface area (TPSA) is 81.2 Å². The summed E-state index contributed by atoms with van der Waals surface area (Å²) in [5, 5.41) is 2.35. The Balaban J connectivity index is 1.54. The molecule has 2 unspecified atom stereocenters. The maximum absolute atomic E-state index is 7.17. The van der Waals surface area contributed by atoms with Crippen molar-refractivity contribution in [2.45, 2.75) is 297 Å². The molecule has 0 fully saturated rings. The molecule has 0 amide bonds. The van der Waals surface area contributed by atoms with Crippen LogP contribution in [-0.2, 0) is 26.6 Å². The molecular formula is C68H120N2O6S7Si2. The van der Waals surface area contributed by atoms with Gasteiger partial charge >= 0.3 is 17.6 Å². The van der Waals surface area contributed by atoms with Crippen molar-refractivity contribution in [1.82, 2.24) is 9.97 Å². The monoisotopic (exact) mass is 1340 g/mol. The number of hydrogen-bond acceptors (Lipinski definition) is 15. The highest BCUT2D eigenvalue weighted by Crippen LogP contribution is 2.52. The molecule has 488 valence electrons. The number of hydrogen-bond donors (Lipinski definition) is 0. The number of thiazole rings is 2. The summed E-state index contributed by atoms with van der Waals surface area (Å²) in [4.78, 5) is 10.7. The van der Waals surface area contributed by atoms with Crippen LogP contribution >= 0.6 is 73.7 Å². The smallest absolute Gasteiger partial charge is 0.373 e. The third kappa shape index (κ3) is 35.7. The van der Waals surface area contributed by atoms with Crippen molar-refractivity contribution in [3.8, 4) is 0 Å². The summed E-state index contributed by atoms with van der Waals surface area (Å²) in [5.41, 5.74) is 2.16. The van der Waals surface area contributed by atoms with Gasteiger partial charge in [-0.1, -0.05) is 280 Å². The van der Waals surface area contributed by atoms with Crippen molar-refractivity contribution < 1.29 is 26.6 Å². The highest BCUT2D eigenvalue weighted by Gasteiger charge is 2.46. The lowest BCUT2D eigenvalue weighted by molar-refractivity contribution is 0.0533. The molecule has 17 heteroatoms. The second-order valence-electron chi connectivity index (χ2n) is 23.7. The summed E-state index contributed by atoms with van der Waals surface area (Å²) in [7, 11) is 3.30. The number of unbranched alkanes of at least 4 members (excludes halogenated alkanes) is 30. The molecule has 4 aromatic rings. The Morgan fingerprint density at radius 2 is 0.576 bits per heavy atom. The van der Waals surface area contributed by atoms with Crippen LogP contribution in [0.1, 0.15) is 295 Å². The van der Waals surface area contributed by atoms with Gasteiger partial charge < -0.3 is 26.6 Å². The quantitative estimate of drug-likeness (QED) is 0.0239. The highest BCUT2D eigenvalue weighted by molar-refractivity contribution is 9.35. The average molecular weight is 1340 g/mol. The second-order valence-corrected chi connectivity index (χ2v) is 38.9. The van der Waals surface area contributed by atoms with E-state index >= 15 is 0 Å². The predicted molar refractivity (Wildman–Crippen MR) is 390 cm³/mol. The summed E-state index contributed by atoms with van der Waals surface area (Å²) < 4.78 is 45.5. The minimum absolute atomic E-state index is 0.143. The Bertz CT molecular complexity index is 1840. The molecule has 0 N–H and O–H groups in total. The second kappa shape index (κ2) is 52.6. The SMILES string of the molecule is CCCCCCCCO[Si](CC(CSSSSSCC(C[Si](OCCCCCCCC)(OCCCCCCCC)OCCCCCCCC)c1nc2ccccc2s1)c1nc2ccccc2s1)(OCCCCCCCC)OCCCCCCCC. The van der Waals surface area contributed by atoms with Crippen LogP contribution < -0.4 is 0 Å². The zero-order chi connectivity index (χ0) is 60.4. The van der Waals surface area contributed by atoms with Crippen molar-refractivity contribution in [3.63, 3.8) is 0 Å². The van der Waals surface area contributed by atoms with Gasteiger partial charge in [-0.2, -0.15) is 0 Å². The van der Waals surface area contributed by atoms with Crippen LogP contribution in [0.15, 0.2) is 48.5 Å². The van der Waals surface area contributed by atoms with E-state index in [1.54, 1.807) is 0 Å². The Kier molecular flexibility index (Phi) is 48.1. The number of nitrogens with zero attached hydrogens (tertiary/aromatic N) is 2. The fourth-order valence-electron chi connectivity index (χ4n) is 10.7. The first-order chi connectivity index (χ1) is 41.9. The number of rotatable bonds is 62. The van der Waals surface area contributed by atoms with E-state index in [1.807, 2.05) is 73.7 Å². The van der Waals surface area contributed by atoms with Crippen LogP contribution in [0.3, 0.4) is 0 Å². The van der Waals surface area contributed by atoms with Gasteiger partial charge in [-0.05, 0) is 92.3 Å². The molecule has 0 aliphatic rings. The van der Waals surface area contributed by atoms with Gasteiger partial charge in [0.15, 0.2) is 0 Å². The zero-order valence-electron chi connectivity index (χ0n) is 54.5. The molecule has 0 spiro atoms. The Morgan fingerprint density at radius 1 is 0.329 bits per heavy atom. The molecule has 85 heavy (non-hydrogen) atoms. The molecular weight excluding hydrogens is 1220 g/mol. The Hall–Kier alpha value is 0.164. The van der Waals surface area contributed by atoms with E-state index < -0.39 is 17.6 Å². The molecule has 0 aliphatic carbocycles. The predicted octanol–water partition coefficient (Wildman–Crippen LogP) is 25.2. The highest BCUT2D eigenvalue weighted by atomic mass is 33.8. The van der Waals surface area contributed by atoms with Gasteiger partial charge in [-0.25, -0.2) is 9.97 Å². The van der Waals surface area contributed by atoms with Gasteiger partial charge in [0.25, 0.3) is 0 Å². The number of aromatic nitrogens is 2. The van der Waals surface area contributed by atoms with Crippen molar-refractivity contribution in [2.24, 2.45) is 0 Å². The fraction of sp³-hybridized carbons (Fsp3) is 0.794. The van der Waals surface area contributed by atoms with Gasteiger partial charge in [0.1, 0.15) is 0 Å². The van der Waals surface area contributed by atoms with Gasteiger partial charge in [0, 0.05) is 75.1 Å². The number of fused-ring (bicyclic) bond motifs is 2. The van der Waals surface area contributed by atoms with E-state index in [0.717, 1.165) is 73.2 Å². The molecule has 2 aromatic carbocycles. The van der Waals surface area contributed by atoms with E-state index in [9.17, 15) is 0 Å². The van der Waals surface area contributed by atoms with E-state index in [1.165, 1.54) is 212 Å². The maximum atomic E-state index is 7.17. The molecule has 2 heterocycles. The van der Waals surface area contributed by atoms with Crippen molar-refractivity contribution >= 4 is 112 Å². The van der Waals surface area contributed by atoms with Crippen LogP contribution in [0.2, 0.25) is 12.1 Å². The van der Waals surface area contributed by atoms with Gasteiger partial charge in [-0.3, -0.25) is 0 Å². The first-order valence-corrected chi connectivity index (χ1v) is 46.7. The average Bonchev–Trinajstić information content (AvgIpc) is 4.29. The van der Waals surface area contributed by atoms with E-state index in [2.05, 4.69) is 90.1 Å². The Morgan fingerprint density at radius 3 is 0.835 bits per heavy atom. The fourth-order valence-corrected chi connectivity index (χ4v) is 28.8. The molecule has 8 nitrogen and oxygen atoms in total. The summed E-state index contributed by atoms with van der Waals surface area (Å²) in [6.45, 7) is 18.0. The van der Waals surface area contributed by atoms with Crippen molar-refractivity contribution in [1.29, 1.82) is 0 Å². The number of benzene rings is 2. The van der Waals surface area contributed by atoms with E-state index in [4.69, 9.17) is 36.5 Å². The molecule has 0 aliphatic heterocycles. The van der Waals surface area contributed by atoms with Gasteiger partial charge in [0.2, 0.25) is 0 Å². The van der Waals surface area contributed by atoms with Crippen molar-refractivity contribution in [3.05, 3.63) is 58.5 Å². The third-order valence-electron chi connectivity index (χ3n) is 15.9. The summed E-state index contributed by atoms with van der Waals surface area (Å²) in [6, 6.07) is 18.8. The minimum Gasteiger partial charge on any atom is -0.373 e. The lowest BCUT2D eigenvalue weighted by atomic mass is 10.1. The van der Waals surface area contributed by atoms with Crippen LogP contribution in [0.25, 0.3) is 20.4 Å². The van der Waals surface area contributed by atoms with Gasteiger partial charge in [0.05, 0.1) is 30.4 Å². The van der Waals surface area contributed by atoms with Gasteiger partial charge in [-0.15, -0.1) is 22.7 Å². The zero-order valence-corrected chi connectivity index (χ0v) is 62.2. The summed E-state index contributed by atoms with van der Waals surface area (Å²) in [6.07, 6.45) is 44.3. The van der Waals surface area contributed by atoms with E-state index in [0.29, 0.717) is 39.6 Å². The van der Waals surface area contributed by atoms with Crippen LogP contribution in [0.4, 0.5) is 0 Å². The molecule has 0 bridgehead atoms. The normalized spacial score (nSPS) is 13.1. The molecule has 2 aromatic heterocycles. The molecule has 2 atom stereocenters. The molecule has 0 saturated carbocycles. The molecule has 0 saturated heterocycles. The van der Waals surface area contributed by atoms with E-state index in [-0.39, 0.29) is 11.8 Å². The number of para-hydroxylation sites is 2. The lowest BCUT2D eigenvalue weighted by Gasteiger charge is -2.32. The Labute approximate surface area is 550 Å². The minimum atomic E-state index is -3.13. The van der Waals surface area contributed by atoms with Crippen LogP contribution in [-0.4, -0.2) is 78.7 Å². The summed E-state index contributed by atoms with van der Waals surface area (Å²) in [5.74, 6) is 2.10. The standard InChI is InChI=1S/C68H120N2O6S7Si2/c1-7-13-19-25-31-41-51-71-84(72-52-42-32-26-20-14-8-2,73-53-43-33-27-21-15-9-3)59-61(67-69-63-47-37-39-49-65(63)79-67)57-77-81-83-82-78-58-62(68-70-64-48-38-40-50-66(64)80-68)60-85(74-54-44-34-28-22-16-10-4,75-55-45-35-29-23-17-11-5)76-56-46-36-30-24-18-12-6/h37-40,47-50,61-62H,7-36,41-46,51-60H2,1-6H3. The largest absolute Gasteiger partial charge is 0.501 e. The van der Waals surface area contributed by atoms with Crippen LogP contribution in [0, 0.1) is 0 Å². The van der Waals surface area contributed by atoms with Crippen LogP contribution in [0.5, 0.6) is 0 Å². The lowest BCUT2D eigenvalue weighted by Crippen LogP contribution is -2.48. The van der Waals surface area contributed by atoms with Crippen molar-refractivity contribution in [2.75, 3.05) is 51.1 Å².